The average molecular weight is 357 g/mol. The number of esters is 1. The van der Waals surface area contributed by atoms with Crippen molar-refractivity contribution >= 4 is 34.6 Å². The molecule has 2 amide bonds. The number of carbonyl (C=O) groups is 2. The molecule has 130 valence electrons. The van der Waals surface area contributed by atoms with E-state index in [1.54, 1.807) is 6.21 Å². The summed E-state index contributed by atoms with van der Waals surface area (Å²) in [7, 11) is 1.35. The number of nitrogens with one attached hydrogen (secondary N) is 2. The van der Waals surface area contributed by atoms with Crippen molar-refractivity contribution in [1.82, 2.24) is 5.43 Å². The van der Waals surface area contributed by atoms with Crippen LogP contribution < -0.4 is 10.7 Å². The lowest BCUT2D eigenvalue weighted by atomic mass is 9.95. The molecule has 0 saturated carbocycles. The van der Waals surface area contributed by atoms with E-state index < -0.39 is 12.0 Å². The fraction of sp³-hybridized carbons (Fsp3) is 0.278. The van der Waals surface area contributed by atoms with Gasteiger partial charge < -0.3 is 4.74 Å². The second-order valence-corrected chi connectivity index (χ2v) is 6.75. The molecule has 0 aliphatic heterocycles. The first-order chi connectivity index (χ1) is 12.2. The molecular formula is C18H19N3O3S. The number of methoxy groups -OCH3 is 1. The second-order valence-electron chi connectivity index (χ2n) is 5.64. The molecule has 0 bridgehead atoms. The Hall–Kier alpha value is -2.67. The van der Waals surface area contributed by atoms with Crippen molar-refractivity contribution in [3.05, 3.63) is 51.9 Å². The number of rotatable bonds is 4. The second kappa shape index (κ2) is 7.94. The number of hydrazone groups is 1. The zero-order valence-electron chi connectivity index (χ0n) is 13.9. The molecule has 0 atom stereocenters. The predicted octanol–water partition coefficient (Wildman–Crippen LogP) is 3.57. The number of benzene rings is 1. The number of anilines is 1. The van der Waals surface area contributed by atoms with Gasteiger partial charge in [-0.2, -0.15) is 5.10 Å². The lowest BCUT2D eigenvalue weighted by Gasteiger charge is -2.11. The number of amides is 2. The van der Waals surface area contributed by atoms with Crippen LogP contribution in [-0.2, 0) is 17.6 Å². The maximum atomic E-state index is 12.1. The zero-order valence-corrected chi connectivity index (χ0v) is 14.7. The van der Waals surface area contributed by atoms with E-state index in [-0.39, 0.29) is 0 Å². The maximum absolute atomic E-state index is 12.1. The minimum absolute atomic E-state index is 0.414. The van der Waals surface area contributed by atoms with Crippen LogP contribution in [0.4, 0.5) is 9.80 Å². The Kier molecular flexibility index (Phi) is 5.45. The van der Waals surface area contributed by atoms with E-state index in [1.807, 2.05) is 30.3 Å². The number of carbonyl (C=O) groups excluding carboxylic acids is 2. The van der Waals surface area contributed by atoms with Crippen molar-refractivity contribution in [2.24, 2.45) is 5.10 Å². The third kappa shape index (κ3) is 4.06. The highest BCUT2D eigenvalue weighted by Crippen LogP contribution is 2.38. The summed E-state index contributed by atoms with van der Waals surface area (Å²) in [5.74, 6) is -0.414. The first-order valence-corrected chi connectivity index (χ1v) is 8.88. The van der Waals surface area contributed by atoms with Crippen LogP contribution in [0.1, 0.15) is 39.2 Å². The monoisotopic (exact) mass is 357 g/mol. The van der Waals surface area contributed by atoms with Gasteiger partial charge in [-0.3, -0.25) is 5.32 Å². The Labute approximate surface area is 149 Å². The van der Waals surface area contributed by atoms with Crippen molar-refractivity contribution in [1.29, 1.82) is 0 Å². The van der Waals surface area contributed by atoms with Crippen LogP contribution >= 0.6 is 11.3 Å². The van der Waals surface area contributed by atoms with Crippen LogP contribution in [0.15, 0.2) is 35.4 Å². The highest BCUT2D eigenvalue weighted by molar-refractivity contribution is 7.17. The molecule has 3 rings (SSSR count). The molecule has 0 saturated heterocycles. The van der Waals surface area contributed by atoms with Gasteiger partial charge in [0.15, 0.2) is 0 Å². The fourth-order valence-corrected chi connectivity index (χ4v) is 4.08. The van der Waals surface area contributed by atoms with E-state index in [9.17, 15) is 9.59 Å². The molecule has 0 spiro atoms. The van der Waals surface area contributed by atoms with Gasteiger partial charge in [0, 0.05) is 4.88 Å². The smallest absolute Gasteiger partial charge is 0.341 e. The van der Waals surface area contributed by atoms with Crippen LogP contribution in [0.25, 0.3) is 0 Å². The van der Waals surface area contributed by atoms with E-state index in [4.69, 9.17) is 4.74 Å². The minimum atomic E-state index is -0.490. The summed E-state index contributed by atoms with van der Waals surface area (Å²) in [5.41, 5.74) is 4.78. The van der Waals surface area contributed by atoms with Crippen LogP contribution in [0.5, 0.6) is 0 Å². The zero-order chi connectivity index (χ0) is 17.6. The Bertz CT molecular complexity index is 799. The lowest BCUT2D eigenvalue weighted by Crippen LogP contribution is -2.24. The van der Waals surface area contributed by atoms with Crippen LogP contribution in [0.3, 0.4) is 0 Å². The van der Waals surface area contributed by atoms with E-state index in [0.717, 1.165) is 41.7 Å². The Morgan fingerprint density at radius 1 is 1.20 bits per heavy atom. The summed E-state index contributed by atoms with van der Waals surface area (Å²) >= 11 is 1.44. The normalized spacial score (nSPS) is 13.3. The number of ether oxygens (including phenoxy) is 1. The summed E-state index contributed by atoms with van der Waals surface area (Å²) in [4.78, 5) is 25.4. The van der Waals surface area contributed by atoms with Crippen molar-refractivity contribution in [3.63, 3.8) is 0 Å². The Balaban J connectivity index is 1.71. The molecule has 1 aliphatic carbocycles. The number of nitrogens with zero attached hydrogens (tertiary/aromatic N) is 1. The van der Waals surface area contributed by atoms with Gasteiger partial charge in [0.25, 0.3) is 0 Å². The molecular weight excluding hydrogens is 338 g/mol. The number of urea groups is 1. The highest BCUT2D eigenvalue weighted by Gasteiger charge is 2.26. The number of aryl methyl sites for hydroxylation is 1. The largest absolute Gasteiger partial charge is 0.465 e. The molecule has 2 aromatic rings. The highest BCUT2D eigenvalue weighted by atomic mass is 32.1. The van der Waals surface area contributed by atoms with E-state index in [1.165, 1.54) is 18.4 Å². The molecule has 7 heteroatoms. The van der Waals surface area contributed by atoms with Gasteiger partial charge in [-0.25, -0.2) is 15.0 Å². The average Bonchev–Trinajstić information content (AvgIpc) is 2.99. The minimum Gasteiger partial charge on any atom is -0.465 e. The molecule has 0 radical (unpaired) electrons. The molecule has 0 unspecified atom stereocenters. The van der Waals surface area contributed by atoms with Gasteiger partial charge in [0.2, 0.25) is 0 Å². The fourth-order valence-electron chi connectivity index (χ4n) is 2.81. The predicted molar refractivity (Wildman–Crippen MR) is 98.5 cm³/mol. The van der Waals surface area contributed by atoms with Crippen molar-refractivity contribution in [2.75, 3.05) is 12.4 Å². The van der Waals surface area contributed by atoms with Crippen LogP contribution in [-0.4, -0.2) is 25.3 Å². The third-order valence-corrected chi connectivity index (χ3v) is 5.17. The molecule has 2 N–H and O–H groups in total. The first kappa shape index (κ1) is 17.2. The molecule has 0 fully saturated rings. The molecule has 1 aromatic heterocycles. The summed E-state index contributed by atoms with van der Waals surface area (Å²) < 4.78 is 4.89. The molecule has 25 heavy (non-hydrogen) atoms. The Morgan fingerprint density at radius 2 is 1.96 bits per heavy atom. The first-order valence-electron chi connectivity index (χ1n) is 8.07. The van der Waals surface area contributed by atoms with Gasteiger partial charge in [0.05, 0.1) is 18.9 Å². The van der Waals surface area contributed by atoms with Gasteiger partial charge in [-0.15, -0.1) is 11.3 Å². The SMILES string of the molecule is COC(=O)c1c(NC(=O)NN=Cc2ccccc2)sc2c1CCCC2. The number of hydrogen-bond donors (Lipinski definition) is 2. The van der Waals surface area contributed by atoms with Gasteiger partial charge in [0.1, 0.15) is 5.00 Å². The van der Waals surface area contributed by atoms with E-state index >= 15 is 0 Å². The number of thiophene rings is 1. The van der Waals surface area contributed by atoms with Gasteiger partial charge >= 0.3 is 12.0 Å². The molecule has 1 aromatic carbocycles. The number of fused-ring (bicyclic) bond motifs is 1. The number of hydrogen-bond acceptors (Lipinski definition) is 5. The maximum Gasteiger partial charge on any atom is 0.341 e. The topological polar surface area (TPSA) is 79.8 Å². The van der Waals surface area contributed by atoms with Crippen molar-refractivity contribution in [2.45, 2.75) is 25.7 Å². The van der Waals surface area contributed by atoms with Crippen molar-refractivity contribution < 1.29 is 14.3 Å². The van der Waals surface area contributed by atoms with Gasteiger partial charge in [-0.05, 0) is 36.8 Å². The molecule has 1 heterocycles. The van der Waals surface area contributed by atoms with Crippen LogP contribution in [0, 0.1) is 0 Å². The molecule has 1 aliphatic rings. The lowest BCUT2D eigenvalue weighted by molar-refractivity contribution is 0.0601. The van der Waals surface area contributed by atoms with Crippen LogP contribution in [0.2, 0.25) is 0 Å². The molecule has 6 nitrogen and oxygen atoms in total. The third-order valence-electron chi connectivity index (χ3n) is 3.97. The summed E-state index contributed by atoms with van der Waals surface area (Å²) in [5, 5.41) is 7.16. The quantitative estimate of drug-likeness (QED) is 0.499. The summed E-state index contributed by atoms with van der Waals surface area (Å²) in [6.45, 7) is 0. The van der Waals surface area contributed by atoms with E-state index in [0.29, 0.717) is 10.6 Å². The standard InChI is InChI=1S/C18H19N3O3S/c1-24-17(22)15-13-9-5-6-10-14(13)25-16(15)20-18(23)21-19-11-12-7-3-2-4-8-12/h2-4,7-8,11H,5-6,9-10H2,1H3,(H2,20,21,23). The summed E-state index contributed by atoms with van der Waals surface area (Å²) in [6.07, 6.45) is 5.47. The summed E-state index contributed by atoms with van der Waals surface area (Å²) in [6, 6.07) is 8.96. The van der Waals surface area contributed by atoms with Crippen molar-refractivity contribution in [3.8, 4) is 0 Å². The Morgan fingerprint density at radius 3 is 2.72 bits per heavy atom. The van der Waals surface area contributed by atoms with E-state index in [2.05, 4.69) is 15.8 Å². The van der Waals surface area contributed by atoms with Gasteiger partial charge in [-0.1, -0.05) is 30.3 Å².